The van der Waals surface area contributed by atoms with Gasteiger partial charge in [0.1, 0.15) is 5.78 Å². The standard InChI is InChI=1S/C19H21NO3/c1-11-15(21)10-12(8-9-20(2)3)17-16(11)18(22)13-6-4-5-7-14(13)19(17)23/h4-7,11-12H,8-10H2,1-3H3. The number of carbonyl (C=O) groups excluding carboxylic acids is 3. The molecule has 0 aliphatic heterocycles. The number of nitrogens with zero attached hydrogens (tertiary/aromatic N) is 1. The van der Waals surface area contributed by atoms with Gasteiger partial charge in [0, 0.05) is 34.6 Å². The molecule has 0 spiro atoms. The average Bonchev–Trinajstić information content (AvgIpc) is 2.53. The third-order valence-electron chi connectivity index (χ3n) is 4.89. The monoisotopic (exact) mass is 311 g/mol. The van der Waals surface area contributed by atoms with E-state index in [0.29, 0.717) is 35.1 Å². The fraction of sp³-hybridized carbons (Fsp3) is 0.421. The maximum atomic E-state index is 13.0. The van der Waals surface area contributed by atoms with Crippen LogP contribution in [-0.2, 0) is 4.79 Å². The molecule has 120 valence electrons. The lowest BCUT2D eigenvalue weighted by atomic mass is 9.67. The molecule has 0 amide bonds. The molecular formula is C19H21NO3. The van der Waals surface area contributed by atoms with Crippen molar-refractivity contribution >= 4 is 17.3 Å². The van der Waals surface area contributed by atoms with Gasteiger partial charge in [0.25, 0.3) is 0 Å². The van der Waals surface area contributed by atoms with Crippen LogP contribution in [0.3, 0.4) is 0 Å². The normalized spacial score (nSPS) is 24.1. The number of benzene rings is 1. The van der Waals surface area contributed by atoms with Crippen LogP contribution in [0.2, 0.25) is 0 Å². The van der Waals surface area contributed by atoms with Gasteiger partial charge in [0.15, 0.2) is 11.6 Å². The zero-order valence-corrected chi connectivity index (χ0v) is 13.8. The van der Waals surface area contributed by atoms with Gasteiger partial charge in [-0.1, -0.05) is 31.2 Å². The first-order chi connectivity index (χ1) is 10.9. The number of fused-ring (bicyclic) bond motifs is 1. The summed E-state index contributed by atoms with van der Waals surface area (Å²) < 4.78 is 0. The lowest BCUT2D eigenvalue weighted by molar-refractivity contribution is -0.122. The highest BCUT2D eigenvalue weighted by molar-refractivity contribution is 6.29. The van der Waals surface area contributed by atoms with Crippen LogP contribution in [0.5, 0.6) is 0 Å². The van der Waals surface area contributed by atoms with Crippen LogP contribution in [0.15, 0.2) is 35.4 Å². The van der Waals surface area contributed by atoms with Gasteiger partial charge in [-0.2, -0.15) is 0 Å². The van der Waals surface area contributed by atoms with Crippen LogP contribution in [0.4, 0.5) is 0 Å². The van der Waals surface area contributed by atoms with Crippen molar-refractivity contribution in [2.45, 2.75) is 19.8 Å². The molecule has 0 fully saturated rings. The van der Waals surface area contributed by atoms with E-state index < -0.39 is 5.92 Å². The Hall–Kier alpha value is -2.07. The van der Waals surface area contributed by atoms with Gasteiger partial charge in [0.05, 0.1) is 0 Å². The van der Waals surface area contributed by atoms with Crippen molar-refractivity contribution in [3.05, 3.63) is 46.5 Å². The molecule has 2 unspecified atom stereocenters. The molecule has 3 rings (SSSR count). The Bertz CT molecular complexity index is 730. The smallest absolute Gasteiger partial charge is 0.190 e. The number of hydrogen-bond acceptors (Lipinski definition) is 4. The fourth-order valence-electron chi connectivity index (χ4n) is 3.59. The number of carbonyl (C=O) groups is 3. The zero-order valence-electron chi connectivity index (χ0n) is 13.8. The predicted octanol–water partition coefficient (Wildman–Crippen LogP) is 2.54. The summed E-state index contributed by atoms with van der Waals surface area (Å²) in [6.45, 7) is 2.53. The van der Waals surface area contributed by atoms with Crippen LogP contribution >= 0.6 is 0 Å². The molecule has 0 bridgehead atoms. The summed E-state index contributed by atoms with van der Waals surface area (Å²) in [6.07, 6.45) is 1.07. The number of hydrogen-bond donors (Lipinski definition) is 0. The quantitative estimate of drug-likeness (QED) is 0.861. The maximum Gasteiger partial charge on any atom is 0.190 e. The minimum atomic E-state index is -0.481. The topological polar surface area (TPSA) is 54.5 Å². The molecule has 2 aliphatic rings. The third kappa shape index (κ3) is 2.57. The van der Waals surface area contributed by atoms with Crippen LogP contribution < -0.4 is 0 Å². The molecule has 0 radical (unpaired) electrons. The second-order valence-electron chi connectivity index (χ2n) is 6.71. The van der Waals surface area contributed by atoms with Crippen LogP contribution in [0.1, 0.15) is 40.5 Å². The summed E-state index contributed by atoms with van der Waals surface area (Å²) in [5.74, 6) is -0.789. The second kappa shape index (κ2) is 5.85. The Morgan fingerprint density at radius 3 is 2.13 bits per heavy atom. The van der Waals surface area contributed by atoms with Gasteiger partial charge in [-0.25, -0.2) is 0 Å². The summed E-state index contributed by atoms with van der Waals surface area (Å²) in [5.41, 5.74) is 1.94. The van der Waals surface area contributed by atoms with Crippen molar-refractivity contribution in [2.24, 2.45) is 11.8 Å². The van der Waals surface area contributed by atoms with Gasteiger partial charge in [-0.15, -0.1) is 0 Å². The lowest BCUT2D eigenvalue weighted by Crippen LogP contribution is -2.37. The molecule has 4 heteroatoms. The summed E-state index contributed by atoms with van der Waals surface area (Å²) in [5, 5.41) is 0. The number of rotatable bonds is 3. The van der Waals surface area contributed by atoms with Crippen LogP contribution in [0.25, 0.3) is 0 Å². The Morgan fingerprint density at radius 1 is 1.00 bits per heavy atom. The highest BCUT2D eigenvalue weighted by Gasteiger charge is 2.43. The number of allylic oxidation sites excluding steroid dienone is 2. The van der Waals surface area contributed by atoms with E-state index in [9.17, 15) is 14.4 Å². The molecular weight excluding hydrogens is 290 g/mol. The molecule has 0 saturated carbocycles. The summed E-state index contributed by atoms with van der Waals surface area (Å²) in [7, 11) is 3.93. The van der Waals surface area contributed by atoms with Crippen molar-refractivity contribution in [3.63, 3.8) is 0 Å². The molecule has 0 N–H and O–H groups in total. The van der Waals surface area contributed by atoms with E-state index in [1.165, 1.54) is 0 Å². The first kappa shape index (κ1) is 15.8. The first-order valence-corrected chi connectivity index (χ1v) is 8.01. The van der Waals surface area contributed by atoms with E-state index in [1.54, 1.807) is 31.2 Å². The highest BCUT2D eigenvalue weighted by Crippen LogP contribution is 2.41. The van der Waals surface area contributed by atoms with Crippen LogP contribution in [0, 0.1) is 11.8 Å². The molecule has 23 heavy (non-hydrogen) atoms. The molecule has 1 aromatic carbocycles. The predicted molar refractivity (Wildman–Crippen MR) is 87.6 cm³/mol. The van der Waals surface area contributed by atoms with E-state index in [2.05, 4.69) is 0 Å². The molecule has 0 heterocycles. The van der Waals surface area contributed by atoms with E-state index >= 15 is 0 Å². The summed E-state index contributed by atoms with van der Waals surface area (Å²) in [4.78, 5) is 40.2. The largest absolute Gasteiger partial charge is 0.309 e. The molecule has 0 saturated heterocycles. The Kier molecular flexibility index (Phi) is 4.02. The first-order valence-electron chi connectivity index (χ1n) is 8.01. The lowest BCUT2D eigenvalue weighted by Gasteiger charge is -2.34. The molecule has 4 nitrogen and oxygen atoms in total. The van der Waals surface area contributed by atoms with Crippen molar-refractivity contribution in [3.8, 4) is 0 Å². The summed E-state index contributed by atoms with van der Waals surface area (Å²) >= 11 is 0. The van der Waals surface area contributed by atoms with Crippen molar-refractivity contribution in [1.82, 2.24) is 4.90 Å². The van der Waals surface area contributed by atoms with Gasteiger partial charge < -0.3 is 4.90 Å². The Labute approximate surface area is 136 Å². The minimum absolute atomic E-state index is 0.0630. The van der Waals surface area contributed by atoms with Crippen molar-refractivity contribution < 1.29 is 14.4 Å². The Balaban J connectivity index is 2.10. The maximum absolute atomic E-state index is 13.0. The molecule has 0 aromatic heterocycles. The number of Topliss-reactive ketones (excluding diaryl/α,β-unsaturated/α-hetero) is 3. The minimum Gasteiger partial charge on any atom is -0.309 e. The van der Waals surface area contributed by atoms with E-state index in [-0.39, 0.29) is 23.3 Å². The van der Waals surface area contributed by atoms with E-state index in [0.717, 1.165) is 6.54 Å². The molecule has 1 aromatic rings. The average molecular weight is 311 g/mol. The summed E-state index contributed by atoms with van der Waals surface area (Å²) in [6, 6.07) is 6.93. The number of ketones is 3. The second-order valence-corrected chi connectivity index (χ2v) is 6.71. The zero-order chi connectivity index (χ0) is 16.7. The van der Waals surface area contributed by atoms with Gasteiger partial charge in [0.2, 0.25) is 0 Å². The van der Waals surface area contributed by atoms with E-state index in [1.807, 2.05) is 19.0 Å². The Morgan fingerprint density at radius 2 is 1.57 bits per heavy atom. The molecule has 2 atom stereocenters. The van der Waals surface area contributed by atoms with Gasteiger partial charge in [-0.3, -0.25) is 14.4 Å². The SMILES string of the molecule is CC1C(=O)CC(CCN(C)C)C2=C1C(=O)c1ccccc1C2=O. The molecule has 2 aliphatic carbocycles. The fourth-order valence-corrected chi connectivity index (χ4v) is 3.59. The van der Waals surface area contributed by atoms with Crippen molar-refractivity contribution in [1.29, 1.82) is 0 Å². The van der Waals surface area contributed by atoms with Gasteiger partial charge >= 0.3 is 0 Å². The van der Waals surface area contributed by atoms with Crippen LogP contribution in [-0.4, -0.2) is 42.9 Å². The highest BCUT2D eigenvalue weighted by atomic mass is 16.1. The van der Waals surface area contributed by atoms with E-state index in [4.69, 9.17) is 0 Å². The van der Waals surface area contributed by atoms with Crippen molar-refractivity contribution in [2.75, 3.05) is 20.6 Å². The van der Waals surface area contributed by atoms with Gasteiger partial charge in [-0.05, 0) is 33.0 Å². The third-order valence-corrected chi connectivity index (χ3v) is 4.89.